The lowest BCUT2D eigenvalue weighted by Gasteiger charge is -2.29. The minimum absolute atomic E-state index is 0.00723. The molecule has 3 aromatic carbocycles. The molecule has 8 heteroatoms. The average Bonchev–Trinajstić information content (AvgIpc) is 3.52. The predicted molar refractivity (Wildman–Crippen MR) is 158 cm³/mol. The lowest BCUT2D eigenvalue weighted by Crippen LogP contribution is -2.41. The highest BCUT2D eigenvalue weighted by Gasteiger charge is 2.56. The number of aromatic nitrogens is 1. The Bertz CT molecular complexity index is 1880. The number of para-hydroxylation sites is 1. The number of nitrogens with one attached hydrogen (secondary N) is 2. The van der Waals surface area contributed by atoms with E-state index in [1.165, 1.54) is 19.9 Å². The maximum Gasteiger partial charge on any atom is 0.194 e. The van der Waals surface area contributed by atoms with Crippen LogP contribution in [0.2, 0.25) is 0 Å². The van der Waals surface area contributed by atoms with Gasteiger partial charge >= 0.3 is 0 Å². The number of aromatic amines is 1. The first kappa shape index (κ1) is 27.1. The van der Waals surface area contributed by atoms with Crippen molar-refractivity contribution in [3.05, 3.63) is 112 Å². The molecule has 0 radical (unpaired) electrons. The quantitative estimate of drug-likeness (QED) is 0.139. The van der Waals surface area contributed by atoms with Gasteiger partial charge in [0.05, 0.1) is 11.1 Å². The van der Waals surface area contributed by atoms with Gasteiger partial charge in [-0.25, -0.2) is 0 Å². The molecule has 0 spiro atoms. The Balaban J connectivity index is 1.41. The molecule has 42 heavy (non-hydrogen) atoms. The summed E-state index contributed by atoms with van der Waals surface area (Å²) in [5.74, 6) is -2.57. The molecule has 0 fully saturated rings. The van der Waals surface area contributed by atoms with Crippen molar-refractivity contribution in [2.45, 2.75) is 39.0 Å². The maximum atomic E-state index is 14.2. The van der Waals surface area contributed by atoms with Crippen molar-refractivity contribution in [3.8, 4) is 17.2 Å². The SMILES string of the molecule is CC(=O)c1c(O)c(C)c(O)c2c1OC1=CC(=O)C(=C(C)NCC(c3ccccc3)c3c[nH]c4ccccc34)C(=O)[C@@]12C. The third-order valence-electron chi connectivity index (χ3n) is 8.53. The number of phenols is 2. The molecule has 0 amide bonds. The Hall–Kier alpha value is -5.11. The molecule has 1 unspecified atom stereocenters. The van der Waals surface area contributed by atoms with E-state index in [-0.39, 0.29) is 45.4 Å². The molecule has 212 valence electrons. The highest BCUT2D eigenvalue weighted by Crippen LogP contribution is 2.57. The van der Waals surface area contributed by atoms with Crippen LogP contribution in [-0.2, 0) is 15.0 Å². The Kier molecular flexibility index (Phi) is 6.30. The standard InChI is InChI=1S/C34H30N2O6/c1-17-30(39)28(19(3)37)32-29(31(17)40)34(4)26(42-32)14-25(38)27(33(34)41)18(2)35-15-22(20-10-6-5-7-11-20)23-16-36-24-13-9-8-12-21(23)24/h5-14,16,22,35-36,39-40H,15H2,1-4H3/t22?,34-/m0/s1. The van der Waals surface area contributed by atoms with Crippen LogP contribution in [0.15, 0.2) is 83.9 Å². The van der Waals surface area contributed by atoms with Gasteiger partial charge in [0, 0.05) is 46.9 Å². The number of fused-ring (bicyclic) bond motifs is 4. The van der Waals surface area contributed by atoms with E-state index in [2.05, 4.69) is 16.4 Å². The van der Waals surface area contributed by atoms with Crippen LogP contribution in [0.5, 0.6) is 17.2 Å². The fraction of sp³-hybridized carbons (Fsp3) is 0.206. The molecule has 4 N–H and O–H groups in total. The summed E-state index contributed by atoms with van der Waals surface area (Å²) in [6.07, 6.45) is 3.21. The summed E-state index contributed by atoms with van der Waals surface area (Å²) in [6.45, 7) is 6.36. The van der Waals surface area contributed by atoms with Gasteiger partial charge in [-0.1, -0.05) is 48.5 Å². The van der Waals surface area contributed by atoms with Crippen LogP contribution in [-0.4, -0.2) is 39.1 Å². The third-order valence-corrected chi connectivity index (χ3v) is 8.53. The van der Waals surface area contributed by atoms with Crippen LogP contribution in [0.25, 0.3) is 10.9 Å². The second kappa shape index (κ2) is 9.76. The van der Waals surface area contributed by atoms with Gasteiger partial charge in [0.25, 0.3) is 0 Å². The number of ketones is 3. The van der Waals surface area contributed by atoms with Crippen molar-refractivity contribution in [1.82, 2.24) is 10.3 Å². The minimum atomic E-state index is -1.57. The zero-order chi connectivity index (χ0) is 29.9. The molecule has 6 rings (SSSR count). The number of aromatic hydroxyl groups is 2. The van der Waals surface area contributed by atoms with Gasteiger partial charge in [0.1, 0.15) is 34.0 Å². The second-order valence-electron chi connectivity index (χ2n) is 11.0. The van der Waals surface area contributed by atoms with Crippen LogP contribution in [0.4, 0.5) is 0 Å². The fourth-order valence-electron chi connectivity index (χ4n) is 6.18. The molecule has 1 aliphatic carbocycles. The molecule has 0 saturated carbocycles. The van der Waals surface area contributed by atoms with Gasteiger partial charge in [-0.2, -0.15) is 0 Å². The summed E-state index contributed by atoms with van der Waals surface area (Å²) < 4.78 is 5.87. The van der Waals surface area contributed by atoms with E-state index in [1.54, 1.807) is 13.8 Å². The normalized spacial score (nSPS) is 19.6. The Morgan fingerprint density at radius 1 is 1.02 bits per heavy atom. The smallest absolute Gasteiger partial charge is 0.194 e. The van der Waals surface area contributed by atoms with Gasteiger partial charge in [-0.05, 0) is 44.9 Å². The van der Waals surface area contributed by atoms with Crippen molar-refractivity contribution in [2.24, 2.45) is 0 Å². The van der Waals surface area contributed by atoms with Crippen molar-refractivity contribution in [3.63, 3.8) is 0 Å². The molecule has 2 atom stereocenters. The molecular formula is C34H30N2O6. The molecule has 0 bridgehead atoms. The first-order valence-electron chi connectivity index (χ1n) is 13.7. The number of carbonyl (C=O) groups excluding carboxylic acids is 3. The van der Waals surface area contributed by atoms with Gasteiger partial charge in [0.2, 0.25) is 0 Å². The summed E-state index contributed by atoms with van der Waals surface area (Å²) in [7, 11) is 0. The van der Waals surface area contributed by atoms with E-state index < -0.39 is 28.5 Å². The number of hydrogen-bond donors (Lipinski definition) is 4. The molecular weight excluding hydrogens is 532 g/mol. The van der Waals surface area contributed by atoms with E-state index in [0.29, 0.717) is 12.2 Å². The number of benzene rings is 3. The zero-order valence-corrected chi connectivity index (χ0v) is 23.7. The number of carbonyl (C=O) groups is 3. The Morgan fingerprint density at radius 3 is 2.43 bits per heavy atom. The number of allylic oxidation sites excluding steroid dienone is 4. The molecule has 2 heterocycles. The minimum Gasteiger partial charge on any atom is -0.507 e. The van der Waals surface area contributed by atoms with E-state index >= 15 is 0 Å². The third kappa shape index (κ3) is 3.86. The van der Waals surface area contributed by atoms with Crippen LogP contribution < -0.4 is 10.1 Å². The number of hydrogen-bond acceptors (Lipinski definition) is 7. The largest absolute Gasteiger partial charge is 0.507 e. The highest BCUT2D eigenvalue weighted by atomic mass is 16.5. The van der Waals surface area contributed by atoms with E-state index in [9.17, 15) is 24.6 Å². The molecule has 4 aromatic rings. The van der Waals surface area contributed by atoms with Crippen LogP contribution >= 0.6 is 0 Å². The van der Waals surface area contributed by atoms with Crippen molar-refractivity contribution in [1.29, 1.82) is 0 Å². The number of ether oxygens (including phenoxy) is 1. The molecule has 1 aromatic heterocycles. The van der Waals surface area contributed by atoms with Crippen molar-refractivity contribution < 1.29 is 29.3 Å². The van der Waals surface area contributed by atoms with Crippen LogP contribution in [0.1, 0.15) is 59.3 Å². The van der Waals surface area contributed by atoms with E-state index in [1.807, 2.05) is 54.7 Å². The molecule has 0 saturated heterocycles. The molecule has 1 aliphatic heterocycles. The maximum absolute atomic E-state index is 14.2. The summed E-state index contributed by atoms with van der Waals surface area (Å²) >= 11 is 0. The van der Waals surface area contributed by atoms with Gasteiger partial charge in [0.15, 0.2) is 17.3 Å². The van der Waals surface area contributed by atoms with Gasteiger partial charge in [-0.15, -0.1) is 0 Å². The second-order valence-corrected chi connectivity index (χ2v) is 11.0. The fourth-order valence-corrected chi connectivity index (χ4v) is 6.18. The summed E-state index contributed by atoms with van der Waals surface area (Å²) in [4.78, 5) is 43.3. The lowest BCUT2D eigenvalue weighted by atomic mass is 9.70. The molecule has 8 nitrogen and oxygen atoms in total. The Morgan fingerprint density at radius 2 is 1.71 bits per heavy atom. The summed E-state index contributed by atoms with van der Waals surface area (Å²) in [6, 6.07) is 18.0. The van der Waals surface area contributed by atoms with Crippen molar-refractivity contribution in [2.75, 3.05) is 6.54 Å². The van der Waals surface area contributed by atoms with Crippen LogP contribution in [0, 0.1) is 6.92 Å². The van der Waals surface area contributed by atoms with Crippen LogP contribution in [0.3, 0.4) is 0 Å². The topological polar surface area (TPSA) is 129 Å². The number of H-pyrrole nitrogens is 1. The predicted octanol–water partition coefficient (Wildman–Crippen LogP) is 5.47. The zero-order valence-electron chi connectivity index (χ0n) is 23.7. The number of phenolic OH excluding ortho intramolecular Hbond substituents is 2. The highest BCUT2D eigenvalue weighted by molar-refractivity contribution is 6.31. The Labute approximate surface area is 242 Å². The number of Topliss-reactive ketones (excluding diaryl/α,β-unsaturated/α-hetero) is 2. The first-order chi connectivity index (χ1) is 20.1. The first-order valence-corrected chi connectivity index (χ1v) is 13.7. The van der Waals surface area contributed by atoms with E-state index in [0.717, 1.165) is 22.0 Å². The average molecular weight is 563 g/mol. The summed E-state index contributed by atoms with van der Waals surface area (Å²) in [5.41, 5.74) is 1.91. The molecule has 2 aliphatic rings. The van der Waals surface area contributed by atoms with Crippen molar-refractivity contribution >= 4 is 28.3 Å². The van der Waals surface area contributed by atoms with E-state index in [4.69, 9.17) is 4.74 Å². The van der Waals surface area contributed by atoms with Gasteiger partial charge < -0.3 is 25.3 Å². The lowest BCUT2D eigenvalue weighted by molar-refractivity contribution is -0.123. The monoisotopic (exact) mass is 562 g/mol. The number of rotatable bonds is 6. The van der Waals surface area contributed by atoms with Gasteiger partial charge in [-0.3, -0.25) is 14.4 Å². The summed E-state index contributed by atoms with van der Waals surface area (Å²) in [5, 5.41) is 26.1.